The molecule has 0 spiro atoms. The zero-order valence-corrected chi connectivity index (χ0v) is 19.5. The lowest BCUT2D eigenvalue weighted by Crippen LogP contribution is -2.48. The summed E-state index contributed by atoms with van der Waals surface area (Å²) in [6, 6.07) is 32.3. The third-order valence-electron chi connectivity index (χ3n) is 5.79. The second kappa shape index (κ2) is 8.85. The fourth-order valence-corrected chi connectivity index (χ4v) is 9.69. The first kappa shape index (κ1) is 21.6. The van der Waals surface area contributed by atoms with Crippen LogP contribution in [-0.4, -0.2) is 28.9 Å². The van der Waals surface area contributed by atoms with Gasteiger partial charge in [0.1, 0.15) is 28.8 Å². The Morgan fingerprint density at radius 1 is 0.806 bits per heavy atom. The molecule has 1 heterocycles. The number of carbonyl (C=O) groups excluding carboxylic acids is 1. The Labute approximate surface area is 186 Å². The molecule has 4 heteroatoms. The largest absolute Gasteiger partial charge is 0.444 e. The van der Waals surface area contributed by atoms with Crippen molar-refractivity contribution < 1.29 is 9.53 Å². The normalized spacial score (nSPS) is 16.9. The number of nitrogens with zero attached hydrogens (tertiary/aromatic N) is 1. The zero-order valence-electron chi connectivity index (χ0n) is 18.6. The van der Waals surface area contributed by atoms with Crippen molar-refractivity contribution in [3.05, 3.63) is 91.0 Å². The van der Waals surface area contributed by atoms with Gasteiger partial charge in [-0.05, 0) is 63.6 Å². The molecule has 3 aromatic rings. The number of amides is 1. The van der Waals surface area contributed by atoms with Crippen LogP contribution in [0, 0.1) is 0 Å². The van der Waals surface area contributed by atoms with Gasteiger partial charge in [0.05, 0.1) is 0 Å². The summed E-state index contributed by atoms with van der Waals surface area (Å²) in [6.45, 7) is 6.53. The minimum atomic E-state index is -2.15. The highest BCUT2D eigenvalue weighted by molar-refractivity contribution is 7.96. The van der Waals surface area contributed by atoms with Crippen LogP contribution in [0.4, 0.5) is 4.79 Å². The maximum Gasteiger partial charge on any atom is 0.413 e. The molecule has 1 saturated heterocycles. The molecule has 0 aliphatic carbocycles. The van der Waals surface area contributed by atoms with E-state index >= 15 is 0 Å². The molecule has 3 aromatic carbocycles. The summed E-state index contributed by atoms with van der Waals surface area (Å²) >= 11 is 0. The van der Waals surface area contributed by atoms with Gasteiger partial charge in [-0.15, -0.1) is 0 Å². The number of hydrogen-bond donors (Lipinski definition) is 0. The van der Waals surface area contributed by atoms with Crippen molar-refractivity contribution in [1.82, 2.24) is 4.90 Å². The average molecular weight is 433 g/mol. The Morgan fingerprint density at radius 3 is 1.61 bits per heavy atom. The molecule has 0 saturated carbocycles. The Hall–Kier alpha value is -2.64. The molecular formula is C27H31NO2P+. The molecule has 1 unspecified atom stereocenters. The molecule has 0 N–H and O–H groups in total. The molecule has 0 bridgehead atoms. The Kier molecular flexibility index (Phi) is 6.16. The molecule has 4 rings (SSSR count). The van der Waals surface area contributed by atoms with Crippen LogP contribution in [0.3, 0.4) is 0 Å². The summed E-state index contributed by atoms with van der Waals surface area (Å²) in [6.07, 6.45) is 1.74. The van der Waals surface area contributed by atoms with E-state index in [0.29, 0.717) is 0 Å². The van der Waals surface area contributed by atoms with Crippen LogP contribution in [0.25, 0.3) is 0 Å². The quantitative estimate of drug-likeness (QED) is 0.521. The van der Waals surface area contributed by atoms with Gasteiger partial charge in [-0.3, -0.25) is 4.90 Å². The summed E-state index contributed by atoms with van der Waals surface area (Å²) in [5.74, 6) is 0.0644. The second-order valence-corrected chi connectivity index (χ2v) is 12.6. The SMILES string of the molecule is CC(C)(C)OC(=O)N1CCCC1[P+](c1ccccc1)(c1ccccc1)c1ccccc1. The van der Waals surface area contributed by atoms with Gasteiger partial charge >= 0.3 is 6.09 Å². The highest BCUT2D eigenvalue weighted by Crippen LogP contribution is 2.63. The fraction of sp³-hybridized carbons (Fsp3) is 0.296. The molecule has 1 aliphatic rings. The van der Waals surface area contributed by atoms with E-state index in [0.717, 1.165) is 19.4 Å². The number of rotatable bonds is 4. The van der Waals surface area contributed by atoms with E-state index in [1.54, 1.807) is 0 Å². The van der Waals surface area contributed by atoms with Gasteiger partial charge in [-0.1, -0.05) is 54.6 Å². The topological polar surface area (TPSA) is 29.5 Å². The minimum Gasteiger partial charge on any atom is -0.444 e. The van der Waals surface area contributed by atoms with E-state index in [1.165, 1.54) is 15.9 Å². The number of carbonyl (C=O) groups is 1. The van der Waals surface area contributed by atoms with E-state index in [2.05, 4.69) is 91.0 Å². The highest BCUT2D eigenvalue weighted by Gasteiger charge is 2.57. The lowest BCUT2D eigenvalue weighted by Gasteiger charge is -2.37. The standard InChI is InChI=1S/C27H31NO2P/c1-27(2,3)30-26(29)28-21-13-20-25(28)31(22-14-7-4-8-15-22,23-16-9-5-10-17-23)24-18-11-6-12-19-24/h4-12,14-19,25H,13,20-21H2,1-3H3/q+1. The highest BCUT2D eigenvalue weighted by atomic mass is 31.2. The van der Waals surface area contributed by atoms with Gasteiger partial charge in [0.25, 0.3) is 0 Å². The van der Waals surface area contributed by atoms with Crippen molar-refractivity contribution in [3.63, 3.8) is 0 Å². The van der Waals surface area contributed by atoms with Gasteiger partial charge in [-0.2, -0.15) is 0 Å². The molecule has 160 valence electrons. The van der Waals surface area contributed by atoms with Crippen LogP contribution < -0.4 is 15.9 Å². The predicted octanol–water partition coefficient (Wildman–Crippen LogP) is 5.34. The molecular weight excluding hydrogens is 401 g/mol. The van der Waals surface area contributed by atoms with Crippen LogP contribution in [0.15, 0.2) is 91.0 Å². The second-order valence-electron chi connectivity index (χ2n) is 9.03. The van der Waals surface area contributed by atoms with Gasteiger partial charge in [0.15, 0.2) is 5.78 Å². The van der Waals surface area contributed by atoms with Crippen molar-refractivity contribution in [2.45, 2.75) is 45.0 Å². The first-order valence-corrected chi connectivity index (χ1v) is 12.8. The van der Waals surface area contributed by atoms with Gasteiger partial charge < -0.3 is 4.74 Å². The van der Waals surface area contributed by atoms with Crippen LogP contribution in [-0.2, 0) is 4.74 Å². The molecule has 0 radical (unpaired) electrons. The summed E-state index contributed by atoms with van der Waals surface area (Å²) in [5, 5.41) is 3.90. The number of likely N-dealkylation sites (tertiary alicyclic amines) is 1. The first-order valence-electron chi connectivity index (χ1n) is 11.0. The summed E-state index contributed by atoms with van der Waals surface area (Å²) in [4.78, 5) is 15.3. The Morgan fingerprint density at radius 2 is 1.23 bits per heavy atom. The molecule has 1 atom stereocenters. The molecule has 3 nitrogen and oxygen atoms in total. The van der Waals surface area contributed by atoms with Gasteiger partial charge in [0.2, 0.25) is 0 Å². The van der Waals surface area contributed by atoms with Crippen LogP contribution >= 0.6 is 7.26 Å². The smallest absolute Gasteiger partial charge is 0.413 e. The summed E-state index contributed by atoms with van der Waals surface area (Å²) in [5.41, 5.74) is -0.516. The van der Waals surface area contributed by atoms with Crippen molar-refractivity contribution in [2.24, 2.45) is 0 Å². The van der Waals surface area contributed by atoms with Crippen molar-refractivity contribution >= 4 is 29.3 Å². The van der Waals surface area contributed by atoms with E-state index in [1.807, 2.05) is 25.7 Å². The first-order chi connectivity index (χ1) is 14.9. The third kappa shape index (κ3) is 4.25. The van der Waals surface area contributed by atoms with Crippen molar-refractivity contribution in [3.8, 4) is 0 Å². The van der Waals surface area contributed by atoms with Gasteiger partial charge in [0, 0.05) is 13.0 Å². The van der Waals surface area contributed by atoms with E-state index in [-0.39, 0.29) is 11.9 Å². The number of benzene rings is 3. The monoisotopic (exact) mass is 432 g/mol. The molecule has 1 aliphatic heterocycles. The maximum absolute atomic E-state index is 13.3. The lowest BCUT2D eigenvalue weighted by molar-refractivity contribution is 0.0274. The Balaban J connectivity index is 1.95. The summed E-state index contributed by atoms with van der Waals surface area (Å²) < 4.78 is 5.86. The molecule has 1 amide bonds. The zero-order chi connectivity index (χ0) is 21.9. The minimum absolute atomic E-state index is 0.0644. The number of ether oxygens (including phenoxy) is 1. The molecule has 0 aromatic heterocycles. The number of hydrogen-bond acceptors (Lipinski definition) is 2. The van der Waals surface area contributed by atoms with Gasteiger partial charge in [-0.25, -0.2) is 4.79 Å². The molecule has 31 heavy (non-hydrogen) atoms. The summed E-state index contributed by atoms with van der Waals surface area (Å²) in [7, 11) is -2.15. The third-order valence-corrected chi connectivity index (χ3v) is 10.6. The van der Waals surface area contributed by atoms with Crippen LogP contribution in [0.5, 0.6) is 0 Å². The van der Waals surface area contributed by atoms with Crippen molar-refractivity contribution in [1.29, 1.82) is 0 Å². The molecule has 1 fully saturated rings. The van der Waals surface area contributed by atoms with Crippen LogP contribution in [0.1, 0.15) is 33.6 Å². The maximum atomic E-state index is 13.3. The predicted molar refractivity (Wildman–Crippen MR) is 131 cm³/mol. The average Bonchev–Trinajstić information content (AvgIpc) is 3.26. The Bertz CT molecular complexity index is 903. The fourth-order valence-electron chi connectivity index (χ4n) is 4.64. The van der Waals surface area contributed by atoms with E-state index in [4.69, 9.17) is 4.74 Å². The van der Waals surface area contributed by atoms with E-state index in [9.17, 15) is 4.79 Å². The van der Waals surface area contributed by atoms with Crippen molar-refractivity contribution in [2.75, 3.05) is 6.54 Å². The lowest BCUT2D eigenvalue weighted by atomic mass is 10.2. The van der Waals surface area contributed by atoms with E-state index < -0.39 is 12.9 Å². The van der Waals surface area contributed by atoms with Crippen LogP contribution in [0.2, 0.25) is 0 Å².